The highest BCUT2D eigenvalue weighted by atomic mass is 31.3. The van der Waals surface area contributed by atoms with Gasteiger partial charge < -0.3 is 29.6 Å². The molecule has 0 spiro atoms. The smallest absolute Gasteiger partial charge is 0.481 e. The van der Waals surface area contributed by atoms with Crippen LogP contribution in [0.1, 0.15) is 12.8 Å². The van der Waals surface area contributed by atoms with Crippen molar-refractivity contribution in [1.29, 1.82) is 0 Å². The molecule has 21 heavy (non-hydrogen) atoms. The Balaban J connectivity index is 4.95. The average Bonchev–Trinajstić information content (AvgIpc) is 2.08. The van der Waals surface area contributed by atoms with Gasteiger partial charge >= 0.3 is 33.6 Å². The number of rotatable bonds is 8. The number of hydrogen-bond acceptors (Lipinski definition) is 8. The third kappa shape index (κ3) is 7.87. The van der Waals surface area contributed by atoms with Crippen LogP contribution < -0.4 is 0 Å². The predicted molar refractivity (Wildman–Crippen MR) is 58.5 cm³/mol. The first-order valence-electron chi connectivity index (χ1n) is 4.66. The van der Waals surface area contributed by atoms with Crippen LogP contribution in [0, 0.1) is 0 Å². The summed E-state index contributed by atoms with van der Waals surface area (Å²) in [4.78, 5) is 57.5. The molecule has 0 aromatic heterocycles. The van der Waals surface area contributed by atoms with Crippen molar-refractivity contribution in [2.24, 2.45) is 0 Å². The maximum Gasteiger partial charge on any atom is 0.538 e. The highest BCUT2D eigenvalue weighted by molar-refractivity contribution is 7.61. The minimum Gasteiger partial charge on any atom is -0.481 e. The molecule has 0 heterocycles. The Morgan fingerprint density at radius 1 is 1.00 bits per heavy atom. The summed E-state index contributed by atoms with van der Waals surface area (Å²) in [5, 5.41) is 26.4. The summed E-state index contributed by atoms with van der Waals surface area (Å²) in [7, 11) is -11.1. The molecule has 0 bridgehead atoms. The highest BCUT2D eigenvalue weighted by Crippen LogP contribution is 2.57. The number of phosphoric ester groups is 1. The minimum atomic E-state index is -5.58. The van der Waals surface area contributed by atoms with E-state index in [0.29, 0.717) is 0 Å². The molecule has 0 fully saturated rings. The Morgan fingerprint density at radius 3 is 1.81 bits per heavy atom. The maximum atomic E-state index is 11.1. The Labute approximate surface area is 115 Å². The van der Waals surface area contributed by atoms with Crippen molar-refractivity contribution in [2.45, 2.75) is 18.4 Å². The lowest BCUT2D eigenvalue weighted by atomic mass is 9.96. The van der Waals surface area contributed by atoms with Gasteiger partial charge in [-0.15, -0.1) is 0 Å². The molecule has 0 amide bonds. The molecule has 0 saturated carbocycles. The SMILES string of the molecule is O=C(O)CC(O)(CC(=O)OP(=O)(O)OP(=O)(O)O)C(=O)O. The molecule has 15 heteroatoms. The highest BCUT2D eigenvalue weighted by Gasteiger charge is 2.44. The summed E-state index contributed by atoms with van der Waals surface area (Å²) >= 11 is 0. The second-order valence-electron chi connectivity index (χ2n) is 3.59. The number of carboxylic acids is 2. The molecule has 2 atom stereocenters. The van der Waals surface area contributed by atoms with Gasteiger partial charge in [-0.1, -0.05) is 0 Å². The van der Waals surface area contributed by atoms with Gasteiger partial charge in [0, 0.05) is 0 Å². The van der Waals surface area contributed by atoms with Crippen LogP contribution in [-0.2, 0) is 32.3 Å². The van der Waals surface area contributed by atoms with Crippen molar-refractivity contribution < 1.29 is 62.3 Å². The van der Waals surface area contributed by atoms with Crippen LogP contribution in [0.15, 0.2) is 0 Å². The fourth-order valence-electron chi connectivity index (χ4n) is 1.01. The molecule has 0 radical (unpaired) electrons. The normalized spacial score (nSPS) is 17.3. The number of carboxylic acid groups (broad SMARTS) is 2. The van der Waals surface area contributed by atoms with Gasteiger partial charge in [0.1, 0.15) is 0 Å². The number of carbonyl (C=O) groups is 3. The van der Waals surface area contributed by atoms with E-state index in [4.69, 9.17) is 24.9 Å². The zero-order valence-electron chi connectivity index (χ0n) is 9.85. The lowest BCUT2D eigenvalue weighted by Gasteiger charge is -2.20. The summed E-state index contributed by atoms with van der Waals surface area (Å²) in [5.74, 6) is -5.86. The maximum absolute atomic E-state index is 11.1. The van der Waals surface area contributed by atoms with Crippen LogP contribution in [-0.4, -0.2) is 53.5 Å². The van der Waals surface area contributed by atoms with Crippen LogP contribution in [0.25, 0.3) is 0 Å². The first kappa shape index (κ1) is 19.7. The monoisotopic (exact) mass is 352 g/mol. The van der Waals surface area contributed by atoms with E-state index in [1.165, 1.54) is 0 Å². The Kier molecular flexibility index (Phi) is 6.20. The molecular weight excluding hydrogens is 342 g/mol. The second kappa shape index (κ2) is 6.62. The Bertz CT molecular complexity index is 533. The van der Waals surface area contributed by atoms with Gasteiger partial charge in [0.15, 0.2) is 5.60 Å². The Hall–Kier alpha value is -1.33. The molecule has 0 aliphatic rings. The first-order chi connectivity index (χ1) is 9.17. The van der Waals surface area contributed by atoms with E-state index >= 15 is 0 Å². The topological polar surface area (TPSA) is 225 Å². The van der Waals surface area contributed by atoms with Crippen LogP contribution in [0.4, 0.5) is 0 Å². The van der Waals surface area contributed by atoms with Gasteiger partial charge in [-0.25, -0.2) is 13.9 Å². The molecule has 13 nitrogen and oxygen atoms in total. The fraction of sp³-hybridized carbons (Fsp3) is 0.500. The number of hydrogen-bond donors (Lipinski definition) is 6. The predicted octanol–water partition coefficient (Wildman–Crippen LogP) is -1.58. The average molecular weight is 352 g/mol. The van der Waals surface area contributed by atoms with Crippen molar-refractivity contribution >= 4 is 33.6 Å². The van der Waals surface area contributed by atoms with E-state index < -0.39 is 52.0 Å². The van der Waals surface area contributed by atoms with Crippen molar-refractivity contribution in [1.82, 2.24) is 0 Å². The number of aliphatic hydroxyl groups is 1. The van der Waals surface area contributed by atoms with Crippen LogP contribution in [0.2, 0.25) is 0 Å². The molecule has 0 aliphatic heterocycles. The largest absolute Gasteiger partial charge is 0.538 e. The lowest BCUT2D eigenvalue weighted by Crippen LogP contribution is -2.43. The molecule has 6 N–H and O–H groups in total. The standard InChI is InChI=1S/C6H10O13P2/c7-3(8)1-6(12,5(10)11)2-4(9)18-21(16,17)19-20(13,14)15/h12H,1-2H2,(H,7,8)(H,10,11)(H,16,17)(H2,13,14,15). The molecule has 0 saturated heterocycles. The van der Waals surface area contributed by atoms with E-state index in [0.717, 1.165) is 0 Å². The van der Waals surface area contributed by atoms with Gasteiger partial charge in [-0.2, -0.15) is 4.31 Å². The zero-order chi connectivity index (χ0) is 17.1. The van der Waals surface area contributed by atoms with E-state index in [1.807, 2.05) is 0 Å². The first-order valence-corrected chi connectivity index (χ1v) is 7.69. The second-order valence-corrected chi connectivity index (χ2v) is 6.34. The van der Waals surface area contributed by atoms with Gasteiger partial charge in [-0.05, 0) is 0 Å². The van der Waals surface area contributed by atoms with Gasteiger partial charge in [0.2, 0.25) is 0 Å². The third-order valence-corrected chi connectivity index (χ3v) is 3.82. The summed E-state index contributed by atoms with van der Waals surface area (Å²) in [5.41, 5.74) is -3.15. The molecule has 122 valence electrons. The van der Waals surface area contributed by atoms with Crippen molar-refractivity contribution in [2.75, 3.05) is 0 Å². The minimum absolute atomic E-state index is 1.44. The zero-order valence-corrected chi connectivity index (χ0v) is 11.6. The van der Waals surface area contributed by atoms with Crippen LogP contribution in [0.3, 0.4) is 0 Å². The quantitative estimate of drug-likeness (QED) is 0.271. The van der Waals surface area contributed by atoms with Crippen LogP contribution in [0.5, 0.6) is 0 Å². The number of carbonyl (C=O) groups excluding carboxylic acids is 1. The molecule has 0 aromatic rings. The Morgan fingerprint density at radius 2 is 1.48 bits per heavy atom. The summed E-state index contributed by atoms with van der Waals surface area (Å²) in [6.45, 7) is 0. The molecular formula is C6H10O13P2. The van der Waals surface area contributed by atoms with Crippen molar-refractivity contribution in [3.8, 4) is 0 Å². The van der Waals surface area contributed by atoms with E-state index in [1.54, 1.807) is 0 Å². The molecule has 2 unspecified atom stereocenters. The summed E-state index contributed by atoms with van der Waals surface area (Å²) in [6.07, 6.45) is -3.02. The van der Waals surface area contributed by atoms with E-state index in [9.17, 15) is 28.6 Å². The third-order valence-electron chi connectivity index (χ3n) is 1.71. The van der Waals surface area contributed by atoms with E-state index in [2.05, 4.69) is 8.83 Å². The molecule has 0 aliphatic carbocycles. The van der Waals surface area contributed by atoms with Gasteiger partial charge in [-0.3, -0.25) is 14.5 Å². The number of phosphoric acid groups is 2. The molecule has 0 aromatic carbocycles. The van der Waals surface area contributed by atoms with Crippen molar-refractivity contribution in [3.63, 3.8) is 0 Å². The summed E-state index contributed by atoms with van der Waals surface area (Å²) in [6, 6.07) is 0. The summed E-state index contributed by atoms with van der Waals surface area (Å²) < 4.78 is 28.1. The van der Waals surface area contributed by atoms with Crippen LogP contribution >= 0.6 is 15.6 Å². The van der Waals surface area contributed by atoms with E-state index in [-0.39, 0.29) is 0 Å². The number of aliphatic carboxylic acids is 2. The van der Waals surface area contributed by atoms with Gasteiger partial charge in [0.05, 0.1) is 12.8 Å². The van der Waals surface area contributed by atoms with Gasteiger partial charge in [0.25, 0.3) is 0 Å². The fourth-order valence-corrected chi connectivity index (χ4v) is 2.55. The lowest BCUT2D eigenvalue weighted by molar-refractivity contribution is -0.170. The van der Waals surface area contributed by atoms with Crippen molar-refractivity contribution in [3.05, 3.63) is 0 Å². The molecule has 0 rings (SSSR count).